The number of halogens is 1. The number of nitrogens with one attached hydrogen (secondary N) is 1. The molecule has 0 unspecified atom stereocenters. The number of nitrogens with zero attached hydrogens (tertiary/aromatic N) is 2. The number of anilines is 1. The van der Waals surface area contributed by atoms with E-state index >= 15 is 0 Å². The van der Waals surface area contributed by atoms with Crippen molar-refractivity contribution in [3.8, 4) is 11.3 Å². The molecular weight excluding hydrogens is 330 g/mol. The molecule has 1 N–H and O–H groups in total. The normalized spacial score (nSPS) is 11.2. The van der Waals surface area contributed by atoms with Crippen molar-refractivity contribution in [3.63, 3.8) is 0 Å². The smallest absolute Gasteiger partial charge is 0.148 e. The first-order valence-electron chi connectivity index (χ1n) is 9.52. The number of benzene rings is 1. The van der Waals surface area contributed by atoms with Gasteiger partial charge in [0.2, 0.25) is 0 Å². The minimum atomic E-state index is 0.433. The van der Waals surface area contributed by atoms with Crippen LogP contribution in [0, 0.1) is 0 Å². The minimum absolute atomic E-state index is 0.433. The van der Waals surface area contributed by atoms with Gasteiger partial charge in [-0.25, -0.2) is 9.97 Å². The van der Waals surface area contributed by atoms with E-state index in [1.165, 1.54) is 5.56 Å². The molecule has 0 saturated heterocycles. The lowest BCUT2D eigenvalue weighted by molar-refractivity contribution is 0.665. The highest BCUT2D eigenvalue weighted by Crippen LogP contribution is 2.31. The molecule has 0 aliphatic heterocycles. The van der Waals surface area contributed by atoms with Crippen LogP contribution in [0.5, 0.6) is 0 Å². The standard InChI is InChI=1S/C21H30ClN3/c1-6-14-11-12-16(17(22)13-14)20-18(9-4)25-21(19(10-5)24-20)23-15(7-2)8-3/h11-13,15H,6-10H2,1-5H3,(H,23,25). The van der Waals surface area contributed by atoms with E-state index in [9.17, 15) is 0 Å². The van der Waals surface area contributed by atoms with Gasteiger partial charge in [0.15, 0.2) is 0 Å². The van der Waals surface area contributed by atoms with Crippen molar-refractivity contribution >= 4 is 17.4 Å². The number of rotatable bonds is 8. The third-order valence-electron chi connectivity index (χ3n) is 4.73. The molecule has 2 rings (SSSR count). The van der Waals surface area contributed by atoms with Gasteiger partial charge in [-0.2, -0.15) is 0 Å². The molecular formula is C21H30ClN3. The molecule has 1 aromatic carbocycles. The zero-order valence-corrected chi connectivity index (χ0v) is 16.9. The Balaban J connectivity index is 2.52. The van der Waals surface area contributed by atoms with Crippen molar-refractivity contribution < 1.29 is 0 Å². The fourth-order valence-corrected chi connectivity index (χ4v) is 3.28. The third kappa shape index (κ3) is 4.52. The summed E-state index contributed by atoms with van der Waals surface area (Å²) in [4.78, 5) is 9.89. The summed E-state index contributed by atoms with van der Waals surface area (Å²) < 4.78 is 0. The second-order valence-corrected chi connectivity index (χ2v) is 6.75. The Labute approximate surface area is 157 Å². The first-order valence-corrected chi connectivity index (χ1v) is 9.90. The maximum atomic E-state index is 6.55. The minimum Gasteiger partial charge on any atom is -0.366 e. The second kappa shape index (κ2) is 9.19. The van der Waals surface area contributed by atoms with Crippen molar-refractivity contribution in [2.24, 2.45) is 0 Å². The largest absolute Gasteiger partial charge is 0.366 e. The molecule has 0 bridgehead atoms. The summed E-state index contributed by atoms with van der Waals surface area (Å²) >= 11 is 6.55. The van der Waals surface area contributed by atoms with Crippen LogP contribution >= 0.6 is 11.6 Å². The second-order valence-electron chi connectivity index (χ2n) is 6.35. The van der Waals surface area contributed by atoms with Gasteiger partial charge in [0.25, 0.3) is 0 Å². The Bertz CT molecular complexity index is 709. The van der Waals surface area contributed by atoms with Crippen LogP contribution in [0.25, 0.3) is 11.3 Å². The third-order valence-corrected chi connectivity index (χ3v) is 5.05. The van der Waals surface area contributed by atoms with Gasteiger partial charge in [0.1, 0.15) is 5.82 Å². The molecule has 0 radical (unpaired) electrons. The topological polar surface area (TPSA) is 37.8 Å². The van der Waals surface area contributed by atoms with Gasteiger partial charge < -0.3 is 5.32 Å². The van der Waals surface area contributed by atoms with Crippen molar-refractivity contribution in [1.82, 2.24) is 9.97 Å². The molecule has 0 saturated carbocycles. The predicted molar refractivity (Wildman–Crippen MR) is 109 cm³/mol. The van der Waals surface area contributed by atoms with Crippen molar-refractivity contribution in [3.05, 3.63) is 40.2 Å². The Kier molecular flexibility index (Phi) is 7.24. The molecule has 2 aromatic rings. The number of aromatic nitrogens is 2. The van der Waals surface area contributed by atoms with Gasteiger partial charge >= 0.3 is 0 Å². The Morgan fingerprint density at radius 1 is 0.920 bits per heavy atom. The average Bonchev–Trinajstić information content (AvgIpc) is 2.65. The molecule has 0 aliphatic rings. The van der Waals surface area contributed by atoms with Gasteiger partial charge in [0.05, 0.1) is 22.1 Å². The fourth-order valence-electron chi connectivity index (χ4n) is 2.99. The monoisotopic (exact) mass is 359 g/mol. The van der Waals surface area contributed by atoms with E-state index in [4.69, 9.17) is 21.6 Å². The predicted octanol–water partition coefficient (Wildman–Crippen LogP) is 6.08. The first-order chi connectivity index (χ1) is 12.1. The fraction of sp³-hybridized carbons (Fsp3) is 0.524. The lowest BCUT2D eigenvalue weighted by atomic mass is 10.0. The molecule has 136 valence electrons. The van der Waals surface area contributed by atoms with Gasteiger partial charge in [-0.15, -0.1) is 0 Å². The summed E-state index contributed by atoms with van der Waals surface area (Å²) in [6, 6.07) is 6.68. The van der Waals surface area contributed by atoms with Gasteiger partial charge in [-0.05, 0) is 43.7 Å². The quantitative estimate of drug-likeness (QED) is 0.620. The number of hydrogen-bond acceptors (Lipinski definition) is 3. The van der Waals surface area contributed by atoms with Crippen LogP contribution in [0.4, 0.5) is 5.82 Å². The summed E-state index contributed by atoms with van der Waals surface area (Å²) in [5, 5.41) is 4.33. The van der Waals surface area contributed by atoms with Crippen molar-refractivity contribution in [2.75, 3.05) is 5.32 Å². The Hall–Kier alpha value is -1.61. The molecule has 0 amide bonds. The lowest BCUT2D eigenvalue weighted by Crippen LogP contribution is -2.20. The molecule has 1 heterocycles. The van der Waals surface area contributed by atoms with Crippen LogP contribution in [-0.2, 0) is 19.3 Å². The van der Waals surface area contributed by atoms with Crippen LogP contribution in [0.2, 0.25) is 5.02 Å². The van der Waals surface area contributed by atoms with E-state index in [0.717, 1.165) is 65.6 Å². The highest BCUT2D eigenvalue weighted by molar-refractivity contribution is 6.33. The van der Waals surface area contributed by atoms with Crippen LogP contribution in [0.3, 0.4) is 0 Å². The Morgan fingerprint density at radius 3 is 2.12 bits per heavy atom. The highest BCUT2D eigenvalue weighted by atomic mass is 35.5. The summed E-state index contributed by atoms with van der Waals surface area (Å²) in [6.45, 7) is 10.8. The van der Waals surface area contributed by atoms with E-state index in [1.54, 1.807) is 0 Å². The van der Waals surface area contributed by atoms with Crippen molar-refractivity contribution in [2.45, 2.75) is 72.8 Å². The maximum absolute atomic E-state index is 6.55. The molecule has 0 spiro atoms. The summed E-state index contributed by atoms with van der Waals surface area (Å²) in [5.74, 6) is 0.929. The van der Waals surface area contributed by atoms with E-state index in [2.05, 4.69) is 52.1 Å². The molecule has 3 nitrogen and oxygen atoms in total. The van der Waals surface area contributed by atoms with Gasteiger partial charge in [0, 0.05) is 11.6 Å². The first kappa shape index (κ1) is 19.7. The van der Waals surface area contributed by atoms with Gasteiger partial charge in [-0.3, -0.25) is 0 Å². The zero-order valence-electron chi connectivity index (χ0n) is 16.1. The molecule has 1 aromatic heterocycles. The molecule has 25 heavy (non-hydrogen) atoms. The van der Waals surface area contributed by atoms with Crippen LogP contribution in [0.1, 0.15) is 64.4 Å². The van der Waals surface area contributed by atoms with Crippen LogP contribution in [0.15, 0.2) is 18.2 Å². The van der Waals surface area contributed by atoms with E-state index in [0.29, 0.717) is 6.04 Å². The summed E-state index contributed by atoms with van der Waals surface area (Å²) in [5.41, 5.74) is 5.14. The summed E-state index contributed by atoms with van der Waals surface area (Å²) in [6.07, 6.45) is 4.81. The lowest BCUT2D eigenvalue weighted by Gasteiger charge is -2.20. The molecule has 0 fully saturated rings. The highest BCUT2D eigenvalue weighted by Gasteiger charge is 2.17. The summed E-state index contributed by atoms with van der Waals surface area (Å²) in [7, 11) is 0. The zero-order chi connectivity index (χ0) is 18.4. The van der Waals surface area contributed by atoms with E-state index < -0.39 is 0 Å². The van der Waals surface area contributed by atoms with Crippen LogP contribution in [-0.4, -0.2) is 16.0 Å². The molecule has 0 aliphatic carbocycles. The molecule has 4 heteroatoms. The van der Waals surface area contributed by atoms with Gasteiger partial charge in [-0.1, -0.05) is 58.4 Å². The SMILES string of the molecule is CCc1ccc(-c2nc(CC)c(NC(CC)CC)nc2CC)c(Cl)c1. The number of aryl methyl sites for hydroxylation is 3. The number of hydrogen-bond donors (Lipinski definition) is 1. The van der Waals surface area contributed by atoms with Crippen molar-refractivity contribution in [1.29, 1.82) is 0 Å². The van der Waals surface area contributed by atoms with E-state index in [1.807, 2.05) is 6.07 Å². The average molecular weight is 360 g/mol. The van der Waals surface area contributed by atoms with E-state index in [-0.39, 0.29) is 0 Å². The molecule has 0 atom stereocenters. The maximum Gasteiger partial charge on any atom is 0.148 e. The van der Waals surface area contributed by atoms with Crippen LogP contribution < -0.4 is 5.32 Å². The Morgan fingerprint density at radius 2 is 1.60 bits per heavy atom.